The Bertz CT molecular complexity index is 987. The monoisotopic (exact) mass is 440 g/mol. The van der Waals surface area contributed by atoms with Gasteiger partial charge >= 0.3 is 0 Å². The third-order valence-electron chi connectivity index (χ3n) is 6.46. The summed E-state index contributed by atoms with van der Waals surface area (Å²) in [5, 5.41) is 6.49. The summed E-state index contributed by atoms with van der Waals surface area (Å²) in [4.78, 5) is 27.3. The van der Waals surface area contributed by atoms with Crippen LogP contribution < -0.4 is 10.6 Å². The molecule has 4 rings (SSSR count). The molecule has 33 heavy (non-hydrogen) atoms. The van der Waals surface area contributed by atoms with Crippen molar-refractivity contribution in [2.75, 3.05) is 0 Å². The molecule has 2 amide bonds. The first-order valence-corrected chi connectivity index (χ1v) is 11.9. The quantitative estimate of drug-likeness (QED) is 0.513. The predicted octanol–water partition coefficient (Wildman–Crippen LogP) is 5.09. The molecule has 4 nitrogen and oxygen atoms in total. The van der Waals surface area contributed by atoms with Gasteiger partial charge < -0.3 is 10.6 Å². The average molecular weight is 441 g/mol. The van der Waals surface area contributed by atoms with E-state index in [9.17, 15) is 9.59 Å². The molecule has 0 radical (unpaired) electrons. The Hall–Kier alpha value is -3.40. The lowest BCUT2D eigenvalue weighted by Crippen LogP contribution is -2.63. The van der Waals surface area contributed by atoms with E-state index < -0.39 is 5.54 Å². The van der Waals surface area contributed by atoms with Crippen LogP contribution in [0.15, 0.2) is 91.0 Å². The van der Waals surface area contributed by atoms with Crippen molar-refractivity contribution in [1.82, 2.24) is 10.6 Å². The molecule has 0 aromatic heterocycles. The number of hydrogen-bond donors (Lipinski definition) is 2. The van der Waals surface area contributed by atoms with Crippen LogP contribution in [-0.2, 0) is 17.6 Å². The molecule has 0 bridgehead atoms. The number of hydrogen-bond acceptors (Lipinski definition) is 2. The zero-order valence-corrected chi connectivity index (χ0v) is 19.0. The highest BCUT2D eigenvalue weighted by Crippen LogP contribution is 2.24. The van der Waals surface area contributed by atoms with Gasteiger partial charge in [0.1, 0.15) is 5.54 Å². The van der Waals surface area contributed by atoms with E-state index in [0.717, 1.165) is 36.8 Å². The Kier molecular flexibility index (Phi) is 7.56. The normalized spacial score (nSPS) is 14.4. The zero-order valence-electron chi connectivity index (χ0n) is 19.0. The first-order chi connectivity index (χ1) is 16.1. The Morgan fingerprint density at radius 2 is 1.18 bits per heavy atom. The maximum Gasteiger partial charge on any atom is 0.252 e. The molecule has 0 unspecified atom stereocenters. The van der Waals surface area contributed by atoms with Gasteiger partial charge in [-0.1, -0.05) is 98.1 Å². The van der Waals surface area contributed by atoms with Crippen molar-refractivity contribution in [3.63, 3.8) is 0 Å². The molecule has 4 heteroatoms. The van der Waals surface area contributed by atoms with E-state index in [4.69, 9.17) is 0 Å². The van der Waals surface area contributed by atoms with Gasteiger partial charge in [0.25, 0.3) is 5.91 Å². The second kappa shape index (κ2) is 11.0. The molecular formula is C29H32N2O2. The van der Waals surface area contributed by atoms with E-state index in [2.05, 4.69) is 10.6 Å². The molecule has 0 heterocycles. The predicted molar refractivity (Wildman–Crippen MR) is 132 cm³/mol. The van der Waals surface area contributed by atoms with Crippen LogP contribution in [0, 0.1) is 0 Å². The van der Waals surface area contributed by atoms with Crippen molar-refractivity contribution in [3.8, 4) is 0 Å². The summed E-state index contributed by atoms with van der Waals surface area (Å²) in [5.74, 6) is -0.340. The zero-order chi connectivity index (χ0) is 22.9. The van der Waals surface area contributed by atoms with Crippen LogP contribution in [0.5, 0.6) is 0 Å². The molecule has 1 saturated carbocycles. The fraction of sp³-hybridized carbons (Fsp3) is 0.310. The second-order valence-electron chi connectivity index (χ2n) is 9.04. The lowest BCUT2D eigenvalue weighted by molar-refractivity contribution is -0.128. The number of carbonyl (C=O) groups excluding carboxylic acids is 2. The molecule has 0 saturated heterocycles. The summed E-state index contributed by atoms with van der Waals surface area (Å²) in [6.07, 6.45) is 6.30. The van der Waals surface area contributed by atoms with Crippen LogP contribution in [0.25, 0.3) is 0 Å². The molecular weight excluding hydrogens is 408 g/mol. The molecule has 3 aromatic carbocycles. The summed E-state index contributed by atoms with van der Waals surface area (Å²) in [6.45, 7) is 0. The minimum Gasteiger partial charge on any atom is -0.351 e. The first-order valence-electron chi connectivity index (χ1n) is 11.9. The van der Waals surface area contributed by atoms with Gasteiger partial charge in [0.15, 0.2) is 0 Å². The molecule has 3 aromatic rings. The highest BCUT2D eigenvalue weighted by Gasteiger charge is 2.41. The van der Waals surface area contributed by atoms with Gasteiger partial charge in [-0.25, -0.2) is 0 Å². The average Bonchev–Trinajstić information content (AvgIpc) is 2.86. The molecule has 1 fully saturated rings. The summed E-state index contributed by atoms with van der Waals surface area (Å²) in [6, 6.07) is 29.2. The highest BCUT2D eigenvalue weighted by molar-refractivity contribution is 5.99. The molecule has 1 aliphatic rings. The second-order valence-corrected chi connectivity index (χ2v) is 9.04. The maximum absolute atomic E-state index is 14.0. The van der Waals surface area contributed by atoms with Crippen molar-refractivity contribution in [1.29, 1.82) is 0 Å². The van der Waals surface area contributed by atoms with Crippen LogP contribution in [0.3, 0.4) is 0 Å². The molecule has 2 N–H and O–H groups in total. The molecule has 170 valence electrons. The summed E-state index contributed by atoms with van der Waals surface area (Å²) in [7, 11) is 0. The third-order valence-corrected chi connectivity index (χ3v) is 6.46. The SMILES string of the molecule is O=C(NC(Cc1ccccc1)(Cc1ccccc1)C(=O)NC1CCCCC1)c1ccccc1. The standard InChI is InChI=1S/C29H32N2O2/c32-27(25-17-9-3-10-18-25)31-29(21-23-13-5-1-6-14-23,22-24-15-7-2-8-16-24)28(33)30-26-19-11-4-12-20-26/h1-3,5-10,13-18,26H,4,11-12,19-22H2,(H,30,33)(H,31,32). The summed E-state index contributed by atoms with van der Waals surface area (Å²) >= 11 is 0. The van der Waals surface area contributed by atoms with E-state index in [1.807, 2.05) is 78.9 Å². The van der Waals surface area contributed by atoms with E-state index in [1.165, 1.54) is 6.42 Å². The van der Waals surface area contributed by atoms with Gasteiger partial charge in [0.2, 0.25) is 5.91 Å². The fourth-order valence-corrected chi connectivity index (χ4v) is 4.71. The number of benzene rings is 3. The van der Waals surface area contributed by atoms with Gasteiger partial charge in [-0.15, -0.1) is 0 Å². The fourth-order valence-electron chi connectivity index (χ4n) is 4.71. The van der Waals surface area contributed by atoms with E-state index in [1.54, 1.807) is 12.1 Å². The van der Waals surface area contributed by atoms with Gasteiger partial charge in [0, 0.05) is 24.4 Å². The van der Waals surface area contributed by atoms with Crippen LogP contribution >= 0.6 is 0 Å². The van der Waals surface area contributed by atoms with E-state index in [0.29, 0.717) is 18.4 Å². The van der Waals surface area contributed by atoms with Crippen molar-refractivity contribution in [2.45, 2.75) is 56.5 Å². The number of nitrogens with one attached hydrogen (secondary N) is 2. The molecule has 1 aliphatic carbocycles. The van der Waals surface area contributed by atoms with E-state index >= 15 is 0 Å². The Morgan fingerprint density at radius 3 is 1.70 bits per heavy atom. The van der Waals surface area contributed by atoms with Gasteiger partial charge in [0.05, 0.1) is 0 Å². The van der Waals surface area contributed by atoms with Gasteiger partial charge in [-0.3, -0.25) is 9.59 Å². The molecule has 0 spiro atoms. The lowest BCUT2D eigenvalue weighted by Gasteiger charge is -2.36. The topological polar surface area (TPSA) is 58.2 Å². The third kappa shape index (κ3) is 6.10. The van der Waals surface area contributed by atoms with Gasteiger partial charge in [-0.05, 0) is 36.1 Å². The first kappa shape index (κ1) is 22.8. The smallest absolute Gasteiger partial charge is 0.252 e. The Morgan fingerprint density at radius 1 is 0.697 bits per heavy atom. The summed E-state index contributed by atoms with van der Waals surface area (Å²) in [5.41, 5.74) is 1.47. The van der Waals surface area contributed by atoms with Crippen LogP contribution in [0.4, 0.5) is 0 Å². The van der Waals surface area contributed by atoms with E-state index in [-0.39, 0.29) is 17.9 Å². The molecule has 0 atom stereocenters. The van der Waals surface area contributed by atoms with Crippen LogP contribution in [0.1, 0.15) is 53.6 Å². The number of carbonyl (C=O) groups is 2. The minimum absolute atomic E-state index is 0.105. The van der Waals surface area contributed by atoms with Crippen molar-refractivity contribution in [3.05, 3.63) is 108 Å². The highest BCUT2D eigenvalue weighted by atomic mass is 16.2. The van der Waals surface area contributed by atoms with Crippen molar-refractivity contribution >= 4 is 11.8 Å². The largest absolute Gasteiger partial charge is 0.351 e. The molecule has 0 aliphatic heterocycles. The van der Waals surface area contributed by atoms with Crippen molar-refractivity contribution < 1.29 is 9.59 Å². The Balaban J connectivity index is 1.71. The number of amides is 2. The minimum atomic E-state index is -1.10. The van der Waals surface area contributed by atoms with Crippen LogP contribution in [0.2, 0.25) is 0 Å². The lowest BCUT2D eigenvalue weighted by atomic mass is 9.82. The Labute approximate surface area is 196 Å². The van der Waals surface area contributed by atoms with Crippen LogP contribution in [-0.4, -0.2) is 23.4 Å². The summed E-state index contributed by atoms with van der Waals surface area (Å²) < 4.78 is 0. The van der Waals surface area contributed by atoms with Crippen molar-refractivity contribution in [2.24, 2.45) is 0 Å². The maximum atomic E-state index is 14.0. The number of rotatable bonds is 8. The van der Waals surface area contributed by atoms with Gasteiger partial charge in [-0.2, -0.15) is 0 Å².